The topological polar surface area (TPSA) is 52.6 Å². The molecule has 16 heavy (non-hydrogen) atoms. The largest absolute Gasteiger partial charge is 0.395 e. The van der Waals surface area contributed by atoms with Crippen LogP contribution in [-0.2, 0) is 17.8 Å². The molecule has 0 unspecified atom stereocenters. The van der Waals surface area contributed by atoms with Crippen molar-refractivity contribution < 1.29 is 9.90 Å². The molecule has 0 fully saturated rings. The van der Waals surface area contributed by atoms with Gasteiger partial charge in [0.1, 0.15) is 0 Å². The van der Waals surface area contributed by atoms with E-state index >= 15 is 0 Å². The SMILES string of the molecule is CN(CCO)c1ccc2c(c1)CC(=O)NC2. The van der Waals surface area contributed by atoms with Crippen molar-refractivity contribution >= 4 is 11.6 Å². The second kappa shape index (κ2) is 4.53. The number of rotatable bonds is 3. The molecule has 4 heteroatoms. The van der Waals surface area contributed by atoms with Crippen molar-refractivity contribution in [2.75, 3.05) is 25.1 Å². The summed E-state index contributed by atoms with van der Waals surface area (Å²) in [5.41, 5.74) is 3.31. The number of hydrogen-bond donors (Lipinski definition) is 2. The Hall–Kier alpha value is -1.55. The van der Waals surface area contributed by atoms with E-state index in [0.717, 1.165) is 11.3 Å². The Morgan fingerprint density at radius 2 is 2.25 bits per heavy atom. The van der Waals surface area contributed by atoms with Gasteiger partial charge in [-0.15, -0.1) is 0 Å². The highest BCUT2D eigenvalue weighted by Crippen LogP contribution is 2.21. The van der Waals surface area contributed by atoms with Crippen molar-refractivity contribution in [3.8, 4) is 0 Å². The van der Waals surface area contributed by atoms with Crippen molar-refractivity contribution in [3.63, 3.8) is 0 Å². The third-order valence-corrected chi connectivity index (χ3v) is 2.89. The highest BCUT2D eigenvalue weighted by molar-refractivity contribution is 5.81. The van der Waals surface area contributed by atoms with E-state index in [4.69, 9.17) is 5.11 Å². The minimum absolute atomic E-state index is 0.0782. The number of hydrogen-bond acceptors (Lipinski definition) is 3. The molecule has 0 aliphatic carbocycles. The summed E-state index contributed by atoms with van der Waals surface area (Å²) >= 11 is 0. The standard InChI is InChI=1S/C12H16N2O2/c1-14(4-5-15)11-3-2-9-8-13-12(16)7-10(9)6-11/h2-3,6,15H,4-5,7-8H2,1H3,(H,13,16). The van der Waals surface area contributed by atoms with Gasteiger partial charge in [-0.05, 0) is 23.3 Å². The number of nitrogens with one attached hydrogen (secondary N) is 1. The van der Waals surface area contributed by atoms with Crippen LogP contribution in [0.1, 0.15) is 11.1 Å². The van der Waals surface area contributed by atoms with E-state index in [2.05, 4.69) is 5.32 Å². The molecule has 0 atom stereocenters. The molecule has 86 valence electrons. The zero-order chi connectivity index (χ0) is 11.5. The average molecular weight is 220 g/mol. The van der Waals surface area contributed by atoms with Crippen LogP contribution in [0.4, 0.5) is 5.69 Å². The third-order valence-electron chi connectivity index (χ3n) is 2.89. The first-order valence-corrected chi connectivity index (χ1v) is 5.41. The fourth-order valence-electron chi connectivity index (χ4n) is 1.90. The van der Waals surface area contributed by atoms with E-state index in [1.54, 1.807) is 0 Å². The van der Waals surface area contributed by atoms with Crippen LogP contribution in [0.5, 0.6) is 0 Å². The minimum Gasteiger partial charge on any atom is -0.395 e. The van der Waals surface area contributed by atoms with Gasteiger partial charge in [0, 0.05) is 25.8 Å². The second-order valence-corrected chi connectivity index (χ2v) is 4.05. The molecule has 1 heterocycles. The van der Waals surface area contributed by atoms with E-state index in [0.29, 0.717) is 19.5 Å². The van der Waals surface area contributed by atoms with E-state index in [1.165, 1.54) is 5.56 Å². The molecule has 2 N–H and O–H groups in total. The number of amides is 1. The Kier molecular flexibility index (Phi) is 3.10. The summed E-state index contributed by atoms with van der Waals surface area (Å²) in [6.45, 7) is 1.36. The minimum atomic E-state index is 0.0782. The van der Waals surface area contributed by atoms with Gasteiger partial charge in [0.15, 0.2) is 0 Å². The molecule has 0 aromatic heterocycles. The van der Waals surface area contributed by atoms with Gasteiger partial charge in [-0.3, -0.25) is 4.79 Å². The summed E-state index contributed by atoms with van der Waals surface area (Å²) in [6, 6.07) is 6.09. The zero-order valence-corrected chi connectivity index (χ0v) is 9.36. The number of benzene rings is 1. The molecule has 1 aromatic carbocycles. The van der Waals surface area contributed by atoms with Gasteiger partial charge in [-0.2, -0.15) is 0 Å². The second-order valence-electron chi connectivity index (χ2n) is 4.05. The van der Waals surface area contributed by atoms with Gasteiger partial charge >= 0.3 is 0 Å². The lowest BCUT2D eigenvalue weighted by Crippen LogP contribution is -2.30. The number of carbonyl (C=O) groups is 1. The summed E-state index contributed by atoms with van der Waals surface area (Å²) < 4.78 is 0. The van der Waals surface area contributed by atoms with Gasteiger partial charge in [0.25, 0.3) is 0 Å². The van der Waals surface area contributed by atoms with Crippen molar-refractivity contribution in [2.45, 2.75) is 13.0 Å². The predicted octanol–water partition coefficient (Wildman–Crippen LogP) is 0.287. The molecule has 1 aliphatic heterocycles. The van der Waals surface area contributed by atoms with Crippen LogP contribution in [0.15, 0.2) is 18.2 Å². The Bertz CT molecular complexity index is 404. The van der Waals surface area contributed by atoms with Crippen LogP contribution in [0.3, 0.4) is 0 Å². The van der Waals surface area contributed by atoms with Crippen LogP contribution < -0.4 is 10.2 Å². The molecular weight excluding hydrogens is 204 g/mol. The molecule has 1 aromatic rings. The van der Waals surface area contributed by atoms with E-state index in [-0.39, 0.29) is 12.5 Å². The summed E-state index contributed by atoms with van der Waals surface area (Å²) in [6.07, 6.45) is 0.455. The lowest BCUT2D eigenvalue weighted by molar-refractivity contribution is -0.121. The first kappa shape index (κ1) is 11.0. The van der Waals surface area contributed by atoms with E-state index < -0.39 is 0 Å². The van der Waals surface area contributed by atoms with E-state index in [1.807, 2.05) is 30.1 Å². The number of anilines is 1. The number of likely N-dealkylation sites (N-methyl/N-ethyl adjacent to an activating group) is 1. The summed E-state index contributed by atoms with van der Waals surface area (Å²) in [4.78, 5) is 13.2. The lowest BCUT2D eigenvalue weighted by Gasteiger charge is -2.22. The number of carbonyl (C=O) groups excluding carboxylic acids is 1. The van der Waals surface area contributed by atoms with Crippen LogP contribution in [-0.4, -0.2) is 31.2 Å². The maximum atomic E-state index is 11.3. The Labute approximate surface area is 94.9 Å². The maximum absolute atomic E-state index is 11.3. The van der Waals surface area contributed by atoms with Crippen molar-refractivity contribution in [3.05, 3.63) is 29.3 Å². The lowest BCUT2D eigenvalue weighted by atomic mass is 10.00. The fraction of sp³-hybridized carbons (Fsp3) is 0.417. The molecule has 0 radical (unpaired) electrons. The van der Waals surface area contributed by atoms with Crippen molar-refractivity contribution in [2.24, 2.45) is 0 Å². The number of fused-ring (bicyclic) bond motifs is 1. The molecule has 0 saturated carbocycles. The van der Waals surface area contributed by atoms with Gasteiger partial charge in [0.2, 0.25) is 5.91 Å². The molecule has 0 bridgehead atoms. The van der Waals surface area contributed by atoms with Gasteiger partial charge in [0.05, 0.1) is 13.0 Å². The van der Waals surface area contributed by atoms with Gasteiger partial charge < -0.3 is 15.3 Å². The molecule has 4 nitrogen and oxygen atoms in total. The number of aliphatic hydroxyl groups is 1. The molecule has 1 aliphatic rings. The monoisotopic (exact) mass is 220 g/mol. The van der Waals surface area contributed by atoms with Crippen LogP contribution in [0.2, 0.25) is 0 Å². The first-order chi connectivity index (χ1) is 7.70. The fourth-order valence-corrected chi connectivity index (χ4v) is 1.90. The first-order valence-electron chi connectivity index (χ1n) is 5.41. The molecule has 1 amide bonds. The summed E-state index contributed by atoms with van der Waals surface area (Å²) in [5.74, 6) is 0.0782. The smallest absolute Gasteiger partial charge is 0.224 e. The summed E-state index contributed by atoms with van der Waals surface area (Å²) in [5, 5.41) is 11.7. The van der Waals surface area contributed by atoms with Crippen LogP contribution in [0.25, 0.3) is 0 Å². The van der Waals surface area contributed by atoms with Crippen molar-refractivity contribution in [1.29, 1.82) is 0 Å². The van der Waals surface area contributed by atoms with Gasteiger partial charge in [-0.1, -0.05) is 6.07 Å². The average Bonchev–Trinajstić information content (AvgIpc) is 2.28. The van der Waals surface area contributed by atoms with Gasteiger partial charge in [-0.25, -0.2) is 0 Å². The summed E-state index contributed by atoms with van der Waals surface area (Å²) in [7, 11) is 1.93. The van der Waals surface area contributed by atoms with E-state index in [9.17, 15) is 4.79 Å². The molecular formula is C12H16N2O2. The number of aliphatic hydroxyl groups excluding tert-OH is 1. The molecule has 0 spiro atoms. The Morgan fingerprint density at radius 1 is 1.44 bits per heavy atom. The Morgan fingerprint density at radius 3 is 3.00 bits per heavy atom. The third kappa shape index (κ3) is 2.17. The molecule has 0 saturated heterocycles. The normalized spacial score (nSPS) is 14.2. The van der Waals surface area contributed by atoms with Crippen LogP contribution in [0, 0.1) is 0 Å². The van der Waals surface area contributed by atoms with Crippen molar-refractivity contribution in [1.82, 2.24) is 5.32 Å². The Balaban J connectivity index is 2.24. The highest BCUT2D eigenvalue weighted by Gasteiger charge is 2.15. The number of nitrogens with zero attached hydrogens (tertiary/aromatic N) is 1. The van der Waals surface area contributed by atoms with Crippen LogP contribution >= 0.6 is 0 Å². The maximum Gasteiger partial charge on any atom is 0.224 e. The quantitative estimate of drug-likeness (QED) is 0.769. The predicted molar refractivity (Wildman–Crippen MR) is 62.3 cm³/mol. The highest BCUT2D eigenvalue weighted by atomic mass is 16.3. The zero-order valence-electron chi connectivity index (χ0n) is 9.36. The molecule has 2 rings (SSSR count).